The molecule has 0 aromatic carbocycles. The third kappa shape index (κ3) is 11.0. The zero-order chi connectivity index (χ0) is 13.1. The molecule has 17 heavy (non-hydrogen) atoms. The van der Waals surface area contributed by atoms with Crippen LogP contribution in [0.15, 0.2) is 0 Å². The van der Waals surface area contributed by atoms with Gasteiger partial charge in [0.2, 0.25) is 5.91 Å². The maximum absolute atomic E-state index is 11.2. The van der Waals surface area contributed by atoms with E-state index >= 15 is 0 Å². The summed E-state index contributed by atoms with van der Waals surface area (Å²) >= 11 is 1.04. The predicted molar refractivity (Wildman–Crippen MR) is 63.8 cm³/mol. The van der Waals surface area contributed by atoms with Gasteiger partial charge < -0.3 is 15.2 Å². The average Bonchev–Trinajstić information content (AvgIpc) is 2.24. The van der Waals surface area contributed by atoms with Gasteiger partial charge in [-0.3, -0.25) is 14.4 Å². The molecule has 7 heteroatoms. The number of amides is 1. The van der Waals surface area contributed by atoms with E-state index in [-0.39, 0.29) is 29.8 Å². The van der Waals surface area contributed by atoms with Crippen LogP contribution in [0, 0.1) is 0 Å². The molecular formula is C10H17NO5S. The Morgan fingerprint density at radius 1 is 1.29 bits per heavy atom. The van der Waals surface area contributed by atoms with Gasteiger partial charge in [0.25, 0.3) is 0 Å². The Kier molecular flexibility index (Phi) is 9.22. The lowest BCUT2D eigenvalue weighted by atomic mass is 10.3. The largest absolute Gasteiger partial charge is 0.481 e. The Labute approximate surface area is 104 Å². The van der Waals surface area contributed by atoms with Gasteiger partial charge >= 0.3 is 11.9 Å². The van der Waals surface area contributed by atoms with E-state index in [9.17, 15) is 14.4 Å². The molecule has 2 N–H and O–H groups in total. The minimum absolute atomic E-state index is 0.0871. The number of carbonyl (C=O) groups excluding carboxylic acids is 2. The van der Waals surface area contributed by atoms with Crippen LogP contribution in [0.1, 0.15) is 19.8 Å². The molecule has 0 saturated carbocycles. The molecule has 0 heterocycles. The van der Waals surface area contributed by atoms with Crippen molar-refractivity contribution in [2.24, 2.45) is 0 Å². The van der Waals surface area contributed by atoms with Gasteiger partial charge in [-0.25, -0.2) is 0 Å². The van der Waals surface area contributed by atoms with Gasteiger partial charge in [0.05, 0.1) is 18.1 Å². The van der Waals surface area contributed by atoms with Crippen LogP contribution in [0.5, 0.6) is 0 Å². The van der Waals surface area contributed by atoms with Crippen LogP contribution < -0.4 is 5.32 Å². The Morgan fingerprint density at radius 3 is 2.59 bits per heavy atom. The predicted octanol–water partition coefficient (Wildman–Crippen LogP) is 0.264. The first-order valence-corrected chi connectivity index (χ1v) is 6.43. The molecule has 0 aliphatic carbocycles. The monoisotopic (exact) mass is 263 g/mol. The number of aliphatic carboxylic acids is 1. The lowest BCUT2D eigenvalue weighted by molar-refractivity contribution is -0.143. The summed E-state index contributed by atoms with van der Waals surface area (Å²) < 4.78 is 4.72. The summed E-state index contributed by atoms with van der Waals surface area (Å²) in [4.78, 5) is 32.3. The fraction of sp³-hybridized carbons (Fsp3) is 0.700. The first-order valence-electron chi connectivity index (χ1n) is 5.28. The van der Waals surface area contributed by atoms with E-state index in [1.54, 1.807) is 6.92 Å². The zero-order valence-corrected chi connectivity index (χ0v) is 10.5. The lowest BCUT2D eigenvalue weighted by Gasteiger charge is -2.04. The number of hydrogen-bond donors (Lipinski definition) is 2. The second-order valence-corrected chi connectivity index (χ2v) is 4.13. The van der Waals surface area contributed by atoms with Crippen molar-refractivity contribution in [3.05, 3.63) is 0 Å². The molecule has 98 valence electrons. The van der Waals surface area contributed by atoms with Crippen LogP contribution in [-0.4, -0.2) is 47.6 Å². The molecule has 0 aromatic rings. The van der Waals surface area contributed by atoms with Gasteiger partial charge in [-0.05, 0) is 13.3 Å². The van der Waals surface area contributed by atoms with Gasteiger partial charge in [-0.1, -0.05) is 0 Å². The van der Waals surface area contributed by atoms with Gasteiger partial charge in [0.15, 0.2) is 0 Å². The molecule has 0 radical (unpaired) electrons. The highest BCUT2D eigenvalue weighted by atomic mass is 32.2. The third-order valence-corrected chi connectivity index (χ3v) is 2.56. The molecule has 1 amide bonds. The third-order valence-electron chi connectivity index (χ3n) is 1.64. The van der Waals surface area contributed by atoms with E-state index in [0.29, 0.717) is 19.6 Å². The molecule has 0 fully saturated rings. The summed E-state index contributed by atoms with van der Waals surface area (Å²) in [5.74, 6) is -1.41. The van der Waals surface area contributed by atoms with Crippen LogP contribution in [0.3, 0.4) is 0 Å². The van der Waals surface area contributed by atoms with Crippen molar-refractivity contribution in [3.63, 3.8) is 0 Å². The summed E-state index contributed by atoms with van der Waals surface area (Å²) in [7, 11) is 0. The number of esters is 1. The number of carboxylic acid groups (broad SMARTS) is 1. The highest BCUT2D eigenvalue weighted by Crippen LogP contribution is 1.98. The molecular weight excluding hydrogens is 246 g/mol. The molecule has 0 aliphatic rings. The van der Waals surface area contributed by atoms with E-state index in [1.807, 2.05) is 0 Å². The highest BCUT2D eigenvalue weighted by Gasteiger charge is 2.05. The minimum Gasteiger partial charge on any atom is -0.481 e. The van der Waals surface area contributed by atoms with Gasteiger partial charge in [0.1, 0.15) is 0 Å². The second kappa shape index (κ2) is 9.95. The summed E-state index contributed by atoms with van der Waals surface area (Å²) in [6, 6.07) is 0. The van der Waals surface area contributed by atoms with Gasteiger partial charge in [0, 0.05) is 13.0 Å². The van der Waals surface area contributed by atoms with Crippen molar-refractivity contribution in [2.75, 3.05) is 24.7 Å². The van der Waals surface area contributed by atoms with Crippen LogP contribution in [-0.2, 0) is 19.1 Å². The number of carboxylic acids is 1. The topological polar surface area (TPSA) is 92.7 Å². The summed E-state index contributed by atoms with van der Waals surface area (Å²) in [6.07, 6.45) is 0.796. The number of carbonyl (C=O) groups is 3. The van der Waals surface area contributed by atoms with Gasteiger partial charge in [-0.15, -0.1) is 11.8 Å². The van der Waals surface area contributed by atoms with Gasteiger partial charge in [-0.2, -0.15) is 0 Å². The van der Waals surface area contributed by atoms with Crippen molar-refractivity contribution < 1.29 is 24.2 Å². The number of ether oxygens (including phenoxy) is 1. The fourth-order valence-electron chi connectivity index (χ4n) is 0.976. The fourth-order valence-corrected chi connectivity index (χ4v) is 1.54. The Hall–Kier alpha value is -1.24. The number of thioether (sulfide) groups is 1. The SMILES string of the molecule is CCOC(=O)CCCNC(=O)CSCC(=O)O. The van der Waals surface area contributed by atoms with Crippen LogP contribution in [0.4, 0.5) is 0 Å². The molecule has 0 spiro atoms. The maximum Gasteiger partial charge on any atom is 0.313 e. The minimum atomic E-state index is -0.940. The molecule has 0 aromatic heterocycles. The van der Waals surface area contributed by atoms with E-state index in [1.165, 1.54) is 0 Å². The molecule has 0 atom stereocenters. The summed E-state index contributed by atoms with van der Waals surface area (Å²) in [5.41, 5.74) is 0. The first kappa shape index (κ1) is 15.8. The number of nitrogens with one attached hydrogen (secondary N) is 1. The van der Waals surface area contributed by atoms with Crippen LogP contribution >= 0.6 is 11.8 Å². The second-order valence-electron chi connectivity index (χ2n) is 3.15. The van der Waals surface area contributed by atoms with E-state index < -0.39 is 5.97 Å². The molecule has 0 saturated heterocycles. The number of rotatable bonds is 9. The van der Waals surface area contributed by atoms with Crippen molar-refractivity contribution in [1.29, 1.82) is 0 Å². The standard InChI is InChI=1S/C10H17NO5S/c1-2-16-10(15)4-3-5-11-8(12)6-17-7-9(13)14/h2-7H2,1H3,(H,11,12)(H,13,14). The number of hydrogen-bond acceptors (Lipinski definition) is 5. The van der Waals surface area contributed by atoms with E-state index in [4.69, 9.17) is 9.84 Å². The first-order chi connectivity index (χ1) is 8.06. The normalized spacial score (nSPS) is 9.71. The molecule has 0 bridgehead atoms. The highest BCUT2D eigenvalue weighted by molar-refractivity contribution is 8.00. The molecule has 0 rings (SSSR count). The van der Waals surface area contributed by atoms with Crippen molar-refractivity contribution in [2.45, 2.75) is 19.8 Å². The lowest BCUT2D eigenvalue weighted by Crippen LogP contribution is -2.27. The quantitative estimate of drug-likeness (QED) is 0.458. The van der Waals surface area contributed by atoms with Crippen LogP contribution in [0.25, 0.3) is 0 Å². The molecule has 0 aliphatic heterocycles. The van der Waals surface area contributed by atoms with Crippen molar-refractivity contribution in [3.8, 4) is 0 Å². The van der Waals surface area contributed by atoms with Crippen molar-refractivity contribution >= 4 is 29.6 Å². The summed E-state index contributed by atoms with van der Waals surface area (Å²) in [6.45, 7) is 2.49. The Morgan fingerprint density at radius 2 is 2.00 bits per heavy atom. The van der Waals surface area contributed by atoms with Crippen LogP contribution in [0.2, 0.25) is 0 Å². The average molecular weight is 263 g/mol. The molecule has 0 unspecified atom stereocenters. The summed E-state index contributed by atoms with van der Waals surface area (Å²) in [5, 5.41) is 10.9. The Balaban J connectivity index is 3.39. The smallest absolute Gasteiger partial charge is 0.313 e. The van der Waals surface area contributed by atoms with Crippen molar-refractivity contribution in [1.82, 2.24) is 5.32 Å². The molecule has 6 nitrogen and oxygen atoms in total. The Bertz CT molecular complexity index is 269. The van der Waals surface area contributed by atoms with E-state index in [2.05, 4.69) is 5.32 Å². The van der Waals surface area contributed by atoms with E-state index in [0.717, 1.165) is 11.8 Å². The maximum atomic E-state index is 11.2. The zero-order valence-electron chi connectivity index (χ0n) is 9.73.